The molecule has 0 fully saturated rings. The number of anilines is 2. The van der Waals surface area contributed by atoms with Crippen molar-refractivity contribution in [2.24, 2.45) is 0 Å². The highest BCUT2D eigenvalue weighted by atomic mass is 19.1. The maximum Gasteiger partial charge on any atom is 0.161 e. The van der Waals surface area contributed by atoms with Crippen molar-refractivity contribution < 1.29 is 4.39 Å². The van der Waals surface area contributed by atoms with Gasteiger partial charge in [0.25, 0.3) is 0 Å². The third-order valence-electron chi connectivity index (χ3n) is 3.55. The first-order chi connectivity index (χ1) is 10.7. The molecule has 0 unspecified atom stereocenters. The van der Waals surface area contributed by atoms with Crippen molar-refractivity contribution in [1.82, 2.24) is 20.2 Å². The molecule has 2 aromatic carbocycles. The number of H-pyrrole nitrogens is 1. The van der Waals surface area contributed by atoms with Crippen LogP contribution in [0.1, 0.15) is 5.56 Å². The quantitative estimate of drug-likeness (QED) is 0.591. The van der Waals surface area contributed by atoms with Crippen molar-refractivity contribution in [1.29, 1.82) is 0 Å². The Morgan fingerprint density at radius 1 is 1.00 bits per heavy atom. The number of nitrogens with zero attached hydrogens (tertiary/aromatic N) is 3. The van der Waals surface area contributed by atoms with E-state index in [1.54, 1.807) is 6.07 Å². The van der Waals surface area contributed by atoms with Gasteiger partial charge in [0.2, 0.25) is 0 Å². The maximum absolute atomic E-state index is 13.4. The van der Waals surface area contributed by atoms with Crippen molar-refractivity contribution in [3.8, 4) is 0 Å². The summed E-state index contributed by atoms with van der Waals surface area (Å²) in [6.45, 7) is 2.01. The van der Waals surface area contributed by atoms with Crippen LogP contribution in [0.15, 0.2) is 42.7 Å². The van der Waals surface area contributed by atoms with Gasteiger partial charge in [-0.05, 0) is 37.3 Å². The lowest BCUT2D eigenvalue weighted by Crippen LogP contribution is -1.97. The van der Waals surface area contributed by atoms with Crippen LogP contribution in [0.5, 0.6) is 0 Å². The first kappa shape index (κ1) is 12.7. The van der Waals surface area contributed by atoms with Gasteiger partial charge < -0.3 is 5.32 Å². The molecule has 0 aliphatic carbocycles. The van der Waals surface area contributed by atoms with E-state index in [0.29, 0.717) is 17.0 Å². The number of aromatic nitrogens is 4. The van der Waals surface area contributed by atoms with E-state index in [2.05, 4.69) is 25.5 Å². The minimum atomic E-state index is -0.305. The lowest BCUT2D eigenvalue weighted by Gasteiger charge is -2.07. The molecule has 2 N–H and O–H groups in total. The molecule has 6 heteroatoms. The third kappa shape index (κ3) is 2.05. The summed E-state index contributed by atoms with van der Waals surface area (Å²) in [5.41, 5.74) is 2.72. The molecular weight excluding hydrogens is 281 g/mol. The summed E-state index contributed by atoms with van der Waals surface area (Å²) in [5.74, 6) is 0.878. The summed E-state index contributed by atoms with van der Waals surface area (Å²) in [7, 11) is 0. The smallest absolute Gasteiger partial charge is 0.161 e. The number of benzene rings is 2. The normalized spacial score (nSPS) is 11.2. The van der Waals surface area contributed by atoms with Crippen LogP contribution < -0.4 is 5.32 Å². The van der Waals surface area contributed by atoms with Gasteiger partial charge in [-0.25, -0.2) is 14.4 Å². The Labute approximate surface area is 125 Å². The lowest BCUT2D eigenvalue weighted by atomic mass is 10.1. The van der Waals surface area contributed by atoms with Crippen LogP contribution in [0.2, 0.25) is 0 Å². The summed E-state index contributed by atoms with van der Waals surface area (Å²) in [6.07, 6.45) is 1.50. The minimum Gasteiger partial charge on any atom is -0.322 e. The lowest BCUT2D eigenvalue weighted by molar-refractivity contribution is 0.630. The summed E-state index contributed by atoms with van der Waals surface area (Å²) >= 11 is 0. The van der Waals surface area contributed by atoms with Crippen molar-refractivity contribution in [3.05, 3.63) is 54.1 Å². The van der Waals surface area contributed by atoms with Crippen molar-refractivity contribution in [3.63, 3.8) is 0 Å². The van der Waals surface area contributed by atoms with Gasteiger partial charge in [0.1, 0.15) is 18.0 Å². The average molecular weight is 293 g/mol. The fourth-order valence-corrected chi connectivity index (χ4v) is 2.46. The van der Waals surface area contributed by atoms with E-state index < -0.39 is 0 Å². The summed E-state index contributed by atoms with van der Waals surface area (Å²) in [6, 6.07) is 10.4. The standard InChI is InChI=1S/C16H12FN5/c1-9-2-4-13-11(6-9)15(19-8-18-13)20-16-12-7-10(17)3-5-14(12)21-22-16/h2-8H,1H3,(H2,18,19,20,21,22). The second kappa shape index (κ2) is 4.77. The number of aryl methyl sites for hydroxylation is 1. The van der Waals surface area contributed by atoms with E-state index in [1.807, 2.05) is 25.1 Å². The zero-order chi connectivity index (χ0) is 15.1. The summed E-state index contributed by atoms with van der Waals surface area (Å²) in [5, 5.41) is 11.8. The third-order valence-corrected chi connectivity index (χ3v) is 3.55. The Morgan fingerprint density at radius 3 is 2.82 bits per heavy atom. The molecule has 0 saturated carbocycles. The molecule has 0 atom stereocenters. The number of nitrogens with one attached hydrogen (secondary N) is 2. The topological polar surface area (TPSA) is 66.5 Å². The van der Waals surface area contributed by atoms with Crippen molar-refractivity contribution in [2.75, 3.05) is 5.32 Å². The number of hydrogen-bond donors (Lipinski definition) is 2. The zero-order valence-electron chi connectivity index (χ0n) is 11.8. The van der Waals surface area contributed by atoms with E-state index in [1.165, 1.54) is 18.5 Å². The first-order valence-corrected chi connectivity index (χ1v) is 6.83. The van der Waals surface area contributed by atoms with Crippen LogP contribution in [0.3, 0.4) is 0 Å². The number of rotatable bonds is 2. The molecule has 22 heavy (non-hydrogen) atoms. The highest BCUT2D eigenvalue weighted by Gasteiger charge is 2.10. The summed E-state index contributed by atoms with van der Waals surface area (Å²) < 4.78 is 13.4. The van der Waals surface area contributed by atoms with E-state index in [0.717, 1.165) is 22.0 Å². The molecule has 0 bridgehead atoms. The van der Waals surface area contributed by atoms with Crippen LogP contribution in [0, 0.1) is 12.7 Å². The molecule has 4 rings (SSSR count). The Morgan fingerprint density at radius 2 is 1.91 bits per heavy atom. The first-order valence-electron chi connectivity index (χ1n) is 6.83. The van der Waals surface area contributed by atoms with Crippen molar-refractivity contribution in [2.45, 2.75) is 6.92 Å². The fraction of sp³-hybridized carbons (Fsp3) is 0.0625. The molecule has 0 spiro atoms. The van der Waals surface area contributed by atoms with Gasteiger partial charge in [-0.3, -0.25) is 5.10 Å². The molecule has 0 aliphatic heterocycles. The summed E-state index contributed by atoms with van der Waals surface area (Å²) in [4.78, 5) is 8.53. The fourth-order valence-electron chi connectivity index (χ4n) is 2.46. The van der Waals surface area contributed by atoms with Crippen molar-refractivity contribution >= 4 is 33.4 Å². The van der Waals surface area contributed by atoms with Gasteiger partial charge in [0.05, 0.1) is 11.0 Å². The van der Waals surface area contributed by atoms with E-state index in [4.69, 9.17) is 0 Å². The van der Waals surface area contributed by atoms with E-state index in [9.17, 15) is 4.39 Å². The SMILES string of the molecule is Cc1ccc2ncnc(Nc3n[nH]c4ccc(F)cc34)c2c1. The molecule has 5 nitrogen and oxygen atoms in total. The number of halogens is 1. The number of fused-ring (bicyclic) bond motifs is 2. The predicted molar refractivity (Wildman–Crippen MR) is 83.6 cm³/mol. The van der Waals surface area contributed by atoms with Gasteiger partial charge in [0, 0.05) is 10.8 Å². The Kier molecular flexibility index (Phi) is 2.75. The molecule has 4 aromatic rings. The van der Waals surface area contributed by atoms with Crippen LogP contribution in [-0.2, 0) is 0 Å². The largest absolute Gasteiger partial charge is 0.322 e. The zero-order valence-corrected chi connectivity index (χ0v) is 11.8. The Hall–Kier alpha value is -3.02. The maximum atomic E-state index is 13.4. The van der Waals surface area contributed by atoms with Gasteiger partial charge in [-0.15, -0.1) is 0 Å². The van der Waals surface area contributed by atoms with Gasteiger partial charge in [0.15, 0.2) is 5.82 Å². The highest BCUT2D eigenvalue weighted by molar-refractivity contribution is 5.96. The van der Waals surface area contributed by atoms with E-state index >= 15 is 0 Å². The molecule has 0 radical (unpaired) electrons. The molecular formula is C16H12FN5. The predicted octanol–water partition coefficient (Wildman–Crippen LogP) is 3.70. The molecule has 2 heterocycles. The van der Waals surface area contributed by atoms with E-state index in [-0.39, 0.29) is 5.82 Å². The van der Waals surface area contributed by atoms with Crippen LogP contribution >= 0.6 is 0 Å². The van der Waals surface area contributed by atoms with Crippen LogP contribution in [-0.4, -0.2) is 20.2 Å². The average Bonchev–Trinajstić information content (AvgIpc) is 2.90. The molecule has 0 aliphatic rings. The number of aromatic amines is 1. The minimum absolute atomic E-state index is 0.305. The molecule has 2 aromatic heterocycles. The van der Waals surface area contributed by atoms with Crippen LogP contribution in [0.4, 0.5) is 16.0 Å². The van der Waals surface area contributed by atoms with Gasteiger partial charge in [-0.1, -0.05) is 11.6 Å². The highest BCUT2D eigenvalue weighted by Crippen LogP contribution is 2.27. The Balaban J connectivity index is 1.86. The molecule has 0 saturated heterocycles. The number of hydrogen-bond acceptors (Lipinski definition) is 4. The van der Waals surface area contributed by atoms with Gasteiger partial charge in [-0.2, -0.15) is 5.10 Å². The molecule has 108 valence electrons. The second-order valence-corrected chi connectivity index (χ2v) is 5.13. The Bertz CT molecular complexity index is 992. The second-order valence-electron chi connectivity index (χ2n) is 5.13. The molecule has 0 amide bonds. The monoisotopic (exact) mass is 293 g/mol. The van der Waals surface area contributed by atoms with Crippen LogP contribution in [0.25, 0.3) is 21.8 Å². The van der Waals surface area contributed by atoms with Gasteiger partial charge >= 0.3 is 0 Å².